The minimum Gasteiger partial charge on any atom is -0.391 e. The van der Waals surface area contributed by atoms with Crippen LogP contribution < -0.4 is 5.73 Å². The maximum atomic E-state index is 10.7. The Kier molecular flexibility index (Phi) is 4.58. The Balaban J connectivity index is 3.74. The van der Waals surface area contributed by atoms with Crippen molar-refractivity contribution >= 4 is 10.1 Å². The zero-order chi connectivity index (χ0) is 8.91. The Bertz CT molecular complexity index is 187. The Morgan fingerprint density at radius 2 is 2.18 bits per heavy atom. The zero-order valence-electron chi connectivity index (χ0n) is 6.36. The van der Waals surface area contributed by atoms with E-state index in [1.807, 2.05) is 0 Å². The van der Waals surface area contributed by atoms with E-state index in [1.54, 1.807) is 0 Å². The predicted molar refractivity (Wildman–Crippen MR) is 40.5 cm³/mol. The van der Waals surface area contributed by atoms with Crippen molar-refractivity contribution in [3.05, 3.63) is 0 Å². The molecule has 0 heterocycles. The van der Waals surface area contributed by atoms with E-state index < -0.39 is 16.2 Å². The molecule has 0 fully saturated rings. The maximum absolute atomic E-state index is 10.7. The van der Waals surface area contributed by atoms with Gasteiger partial charge in [-0.15, -0.1) is 0 Å². The van der Waals surface area contributed by atoms with Gasteiger partial charge in [0, 0.05) is 6.54 Å². The molecule has 0 bridgehead atoms. The molecule has 1 atom stereocenters. The quantitative estimate of drug-likeness (QED) is 0.515. The van der Waals surface area contributed by atoms with Crippen LogP contribution in [-0.4, -0.2) is 38.5 Å². The zero-order valence-corrected chi connectivity index (χ0v) is 7.17. The van der Waals surface area contributed by atoms with E-state index in [1.165, 1.54) is 6.92 Å². The van der Waals surface area contributed by atoms with Crippen LogP contribution in [0.15, 0.2) is 0 Å². The normalized spacial score (nSPS) is 14.8. The predicted octanol–water partition coefficient (Wildman–Crippen LogP) is -1.33. The molecule has 0 aliphatic heterocycles. The maximum Gasteiger partial charge on any atom is 0.268 e. The molecule has 0 aromatic rings. The van der Waals surface area contributed by atoms with Gasteiger partial charge in [-0.1, -0.05) is 0 Å². The molecule has 1 unspecified atom stereocenters. The Morgan fingerprint density at radius 3 is 2.55 bits per heavy atom. The molecule has 0 aromatic heterocycles. The number of rotatable bonds is 5. The first-order valence-electron chi connectivity index (χ1n) is 3.23. The summed E-state index contributed by atoms with van der Waals surface area (Å²) in [6.07, 6.45) is -0.775. The van der Waals surface area contributed by atoms with E-state index in [2.05, 4.69) is 4.18 Å². The van der Waals surface area contributed by atoms with Gasteiger partial charge in [0.2, 0.25) is 0 Å². The van der Waals surface area contributed by atoms with E-state index in [4.69, 9.17) is 10.8 Å². The van der Waals surface area contributed by atoms with Crippen molar-refractivity contribution in [1.29, 1.82) is 0 Å². The van der Waals surface area contributed by atoms with Crippen LogP contribution in [0.25, 0.3) is 0 Å². The highest BCUT2D eigenvalue weighted by Gasteiger charge is 2.10. The largest absolute Gasteiger partial charge is 0.391 e. The summed E-state index contributed by atoms with van der Waals surface area (Å²) in [5, 5.41) is 8.66. The van der Waals surface area contributed by atoms with Crippen LogP contribution >= 0.6 is 0 Å². The first-order valence-corrected chi connectivity index (χ1v) is 4.81. The Hall–Kier alpha value is -0.170. The van der Waals surface area contributed by atoms with Gasteiger partial charge in [-0.25, -0.2) is 0 Å². The lowest BCUT2D eigenvalue weighted by Crippen LogP contribution is -2.21. The molecule has 3 N–H and O–H groups in total. The fourth-order valence-corrected chi connectivity index (χ4v) is 1.22. The minimum absolute atomic E-state index is 0.0299. The molecule has 0 aliphatic rings. The second kappa shape index (κ2) is 4.66. The highest BCUT2D eigenvalue weighted by Crippen LogP contribution is 1.93. The first-order chi connectivity index (χ1) is 4.98. The molecule has 0 aliphatic carbocycles. The van der Waals surface area contributed by atoms with E-state index in [9.17, 15) is 8.42 Å². The van der Waals surface area contributed by atoms with E-state index in [-0.39, 0.29) is 18.9 Å². The topological polar surface area (TPSA) is 89.6 Å². The van der Waals surface area contributed by atoms with Crippen LogP contribution in [0.1, 0.15) is 6.92 Å². The standard InChI is InChI=1S/C5H13NO4S/c1-5(7)4-10-11(8,9)3-2-6/h5,7H,2-4,6H2,1H3. The highest BCUT2D eigenvalue weighted by molar-refractivity contribution is 7.86. The van der Waals surface area contributed by atoms with Crippen molar-refractivity contribution < 1.29 is 17.7 Å². The summed E-state index contributed by atoms with van der Waals surface area (Å²) in [6, 6.07) is 0. The minimum atomic E-state index is -3.51. The fourth-order valence-electron chi connectivity index (χ4n) is 0.405. The second-order valence-electron chi connectivity index (χ2n) is 2.18. The lowest BCUT2D eigenvalue weighted by Gasteiger charge is -2.05. The molecule has 0 rings (SSSR count). The van der Waals surface area contributed by atoms with Crippen molar-refractivity contribution in [2.24, 2.45) is 5.73 Å². The summed E-state index contributed by atoms with van der Waals surface area (Å²) in [5.74, 6) is -0.209. The lowest BCUT2D eigenvalue weighted by molar-refractivity contribution is 0.126. The van der Waals surface area contributed by atoms with Crippen LogP contribution in [0, 0.1) is 0 Å². The summed E-state index contributed by atoms with van der Waals surface area (Å²) < 4.78 is 25.8. The smallest absolute Gasteiger partial charge is 0.268 e. The van der Waals surface area contributed by atoms with Crippen LogP contribution in [-0.2, 0) is 14.3 Å². The number of aliphatic hydroxyl groups is 1. The Labute approximate surface area is 66.3 Å². The molecule has 0 spiro atoms. The van der Waals surface area contributed by atoms with Crippen molar-refractivity contribution in [3.63, 3.8) is 0 Å². The Morgan fingerprint density at radius 1 is 1.64 bits per heavy atom. The molecule has 6 heteroatoms. The molecule has 0 saturated heterocycles. The summed E-state index contributed by atoms with van der Waals surface area (Å²) >= 11 is 0. The van der Waals surface area contributed by atoms with E-state index in [0.717, 1.165) is 0 Å². The van der Waals surface area contributed by atoms with Crippen molar-refractivity contribution in [2.75, 3.05) is 18.9 Å². The van der Waals surface area contributed by atoms with Gasteiger partial charge in [0.1, 0.15) is 0 Å². The van der Waals surface area contributed by atoms with Crippen molar-refractivity contribution in [3.8, 4) is 0 Å². The van der Waals surface area contributed by atoms with Gasteiger partial charge in [0.25, 0.3) is 10.1 Å². The van der Waals surface area contributed by atoms with Crippen molar-refractivity contribution in [2.45, 2.75) is 13.0 Å². The molecule has 5 nitrogen and oxygen atoms in total. The van der Waals surface area contributed by atoms with Crippen LogP contribution in [0.5, 0.6) is 0 Å². The fraction of sp³-hybridized carbons (Fsp3) is 1.00. The van der Waals surface area contributed by atoms with Gasteiger partial charge in [-0.05, 0) is 6.92 Å². The number of aliphatic hydroxyl groups excluding tert-OH is 1. The van der Waals surface area contributed by atoms with E-state index in [0.29, 0.717) is 0 Å². The lowest BCUT2D eigenvalue weighted by atomic mass is 10.5. The first kappa shape index (κ1) is 10.8. The summed E-state index contributed by atoms with van der Waals surface area (Å²) in [5.41, 5.74) is 5.00. The van der Waals surface area contributed by atoms with Gasteiger partial charge in [-0.3, -0.25) is 4.18 Å². The summed E-state index contributed by atoms with van der Waals surface area (Å²) in [7, 11) is -3.51. The average molecular weight is 183 g/mol. The van der Waals surface area contributed by atoms with Crippen LogP contribution in [0.3, 0.4) is 0 Å². The van der Waals surface area contributed by atoms with Gasteiger partial charge in [0.05, 0.1) is 18.5 Å². The van der Waals surface area contributed by atoms with Gasteiger partial charge < -0.3 is 10.8 Å². The van der Waals surface area contributed by atoms with Gasteiger partial charge >= 0.3 is 0 Å². The number of nitrogens with two attached hydrogens (primary N) is 1. The monoisotopic (exact) mass is 183 g/mol. The summed E-state index contributed by atoms with van der Waals surface area (Å²) in [6.45, 7) is 1.27. The number of hydrogen-bond acceptors (Lipinski definition) is 5. The molecule has 0 saturated carbocycles. The van der Waals surface area contributed by atoms with Crippen LogP contribution in [0.2, 0.25) is 0 Å². The second-order valence-corrected chi connectivity index (χ2v) is 3.94. The molecular weight excluding hydrogens is 170 g/mol. The number of hydrogen-bond donors (Lipinski definition) is 2. The third kappa shape index (κ3) is 6.24. The molecule has 0 radical (unpaired) electrons. The molecular formula is C5H13NO4S. The van der Waals surface area contributed by atoms with E-state index >= 15 is 0 Å². The summed E-state index contributed by atoms with van der Waals surface area (Å²) in [4.78, 5) is 0. The third-order valence-corrected chi connectivity index (χ3v) is 2.09. The molecule has 0 amide bonds. The average Bonchev–Trinajstić information content (AvgIpc) is 1.84. The molecule has 68 valence electrons. The van der Waals surface area contributed by atoms with Crippen molar-refractivity contribution in [1.82, 2.24) is 0 Å². The third-order valence-electron chi connectivity index (χ3n) is 0.857. The van der Waals surface area contributed by atoms with Crippen LogP contribution in [0.4, 0.5) is 0 Å². The highest BCUT2D eigenvalue weighted by atomic mass is 32.2. The van der Waals surface area contributed by atoms with Gasteiger partial charge in [0.15, 0.2) is 0 Å². The molecule has 0 aromatic carbocycles. The SMILES string of the molecule is CC(O)COS(=O)(=O)CCN. The van der Waals surface area contributed by atoms with Gasteiger partial charge in [-0.2, -0.15) is 8.42 Å². The molecule has 11 heavy (non-hydrogen) atoms.